The first-order valence-corrected chi connectivity index (χ1v) is 7.07. The first-order chi connectivity index (χ1) is 9.19. The Labute approximate surface area is 115 Å². The van der Waals surface area contributed by atoms with Crippen molar-refractivity contribution in [2.24, 2.45) is 0 Å². The van der Waals surface area contributed by atoms with E-state index in [9.17, 15) is 0 Å². The van der Waals surface area contributed by atoms with Crippen LogP contribution in [0.2, 0.25) is 0 Å². The molecular weight excluding hydrogens is 232 g/mol. The van der Waals surface area contributed by atoms with Crippen molar-refractivity contribution in [1.29, 1.82) is 0 Å². The molecule has 0 aliphatic carbocycles. The molecule has 0 bridgehead atoms. The monoisotopic (exact) mass is 254 g/mol. The molecule has 0 saturated carbocycles. The molecule has 1 aromatic heterocycles. The van der Waals surface area contributed by atoms with Crippen molar-refractivity contribution < 1.29 is 0 Å². The van der Waals surface area contributed by atoms with Crippen LogP contribution in [0.4, 0.5) is 5.82 Å². The van der Waals surface area contributed by atoms with Crippen LogP contribution in [0.5, 0.6) is 0 Å². The minimum Gasteiger partial charge on any atom is -0.384 e. The molecule has 0 unspecified atom stereocenters. The minimum atomic E-state index is 0.584. The quantitative estimate of drug-likeness (QED) is 0.895. The van der Waals surface area contributed by atoms with Crippen molar-refractivity contribution in [2.45, 2.75) is 40.0 Å². The number of aryl methyl sites for hydroxylation is 3. The van der Waals surface area contributed by atoms with Gasteiger partial charge in [0.2, 0.25) is 0 Å². The van der Waals surface area contributed by atoms with E-state index in [2.05, 4.69) is 44.0 Å². The van der Waals surface area contributed by atoms with Gasteiger partial charge in [0.1, 0.15) is 5.82 Å². The van der Waals surface area contributed by atoms with Crippen LogP contribution in [0.3, 0.4) is 0 Å². The maximum atomic E-state index is 5.82. The first kappa shape index (κ1) is 13.6. The van der Waals surface area contributed by atoms with E-state index in [1.54, 1.807) is 0 Å². The summed E-state index contributed by atoms with van der Waals surface area (Å²) in [6.07, 6.45) is 3.12. The summed E-state index contributed by atoms with van der Waals surface area (Å²) < 4.78 is 0. The molecule has 0 spiro atoms. The average Bonchev–Trinajstić information content (AvgIpc) is 2.45. The van der Waals surface area contributed by atoms with E-state index >= 15 is 0 Å². The largest absolute Gasteiger partial charge is 0.384 e. The van der Waals surface area contributed by atoms with Gasteiger partial charge in [0.25, 0.3) is 0 Å². The van der Waals surface area contributed by atoms with E-state index in [1.165, 1.54) is 22.3 Å². The smallest absolute Gasteiger partial charge is 0.124 e. The van der Waals surface area contributed by atoms with Crippen molar-refractivity contribution in [1.82, 2.24) is 4.98 Å². The molecule has 0 atom stereocenters. The number of nitrogens with zero attached hydrogens (tertiary/aromatic N) is 1. The summed E-state index contributed by atoms with van der Waals surface area (Å²) in [7, 11) is 0. The number of nitrogen functional groups attached to an aromatic ring is 1. The molecular formula is C17H22N2. The molecule has 1 aromatic carbocycles. The highest BCUT2D eigenvalue weighted by molar-refractivity contribution is 5.70. The lowest BCUT2D eigenvalue weighted by Gasteiger charge is -2.15. The molecule has 19 heavy (non-hydrogen) atoms. The standard InChI is InChI=1S/C17H22N2/c1-4-12-10-13(5-2)17(14(6-3)11-12)15-8-7-9-16(18)19-15/h7-11H,4-6H2,1-3H3,(H2,18,19). The van der Waals surface area contributed by atoms with Gasteiger partial charge in [-0.15, -0.1) is 0 Å². The zero-order chi connectivity index (χ0) is 13.8. The third-order valence-corrected chi connectivity index (χ3v) is 3.56. The van der Waals surface area contributed by atoms with E-state index < -0.39 is 0 Å². The zero-order valence-corrected chi connectivity index (χ0v) is 12.0. The van der Waals surface area contributed by atoms with Gasteiger partial charge in [-0.25, -0.2) is 4.98 Å². The second-order valence-electron chi connectivity index (χ2n) is 4.80. The topological polar surface area (TPSA) is 38.9 Å². The number of hydrogen-bond donors (Lipinski definition) is 1. The summed E-state index contributed by atoms with van der Waals surface area (Å²) in [4.78, 5) is 4.49. The Morgan fingerprint density at radius 1 is 0.947 bits per heavy atom. The van der Waals surface area contributed by atoms with Crippen molar-refractivity contribution >= 4 is 5.82 Å². The lowest BCUT2D eigenvalue weighted by molar-refractivity contribution is 1.04. The van der Waals surface area contributed by atoms with Gasteiger partial charge in [-0.05, 0) is 48.1 Å². The third-order valence-electron chi connectivity index (χ3n) is 3.56. The molecule has 0 fully saturated rings. The van der Waals surface area contributed by atoms with E-state index in [0.717, 1.165) is 25.0 Å². The van der Waals surface area contributed by atoms with Crippen LogP contribution in [-0.2, 0) is 19.3 Å². The second kappa shape index (κ2) is 5.87. The van der Waals surface area contributed by atoms with Crippen LogP contribution in [0.15, 0.2) is 30.3 Å². The van der Waals surface area contributed by atoms with E-state index in [4.69, 9.17) is 5.73 Å². The third kappa shape index (κ3) is 2.78. The molecule has 1 heterocycles. The number of nitrogens with two attached hydrogens (primary N) is 1. The van der Waals surface area contributed by atoms with Gasteiger partial charge in [-0.2, -0.15) is 0 Å². The lowest BCUT2D eigenvalue weighted by Crippen LogP contribution is -2.00. The highest BCUT2D eigenvalue weighted by Gasteiger charge is 2.12. The molecule has 0 aliphatic heterocycles. The van der Waals surface area contributed by atoms with Gasteiger partial charge in [0.05, 0.1) is 5.69 Å². The molecule has 0 saturated heterocycles. The number of benzene rings is 1. The number of aromatic nitrogens is 1. The molecule has 2 N–H and O–H groups in total. The lowest BCUT2D eigenvalue weighted by atomic mass is 9.91. The van der Waals surface area contributed by atoms with Gasteiger partial charge >= 0.3 is 0 Å². The van der Waals surface area contributed by atoms with Crippen LogP contribution in [0, 0.1) is 0 Å². The van der Waals surface area contributed by atoms with Crippen LogP contribution in [-0.4, -0.2) is 4.98 Å². The van der Waals surface area contributed by atoms with Crippen LogP contribution >= 0.6 is 0 Å². The fourth-order valence-corrected chi connectivity index (χ4v) is 2.52. The highest BCUT2D eigenvalue weighted by atomic mass is 14.8. The zero-order valence-electron chi connectivity index (χ0n) is 12.0. The van der Waals surface area contributed by atoms with Crippen LogP contribution < -0.4 is 5.73 Å². The van der Waals surface area contributed by atoms with Gasteiger partial charge in [0, 0.05) is 5.56 Å². The Hall–Kier alpha value is -1.83. The molecule has 0 amide bonds. The average molecular weight is 254 g/mol. The molecule has 0 aliphatic rings. The Bertz CT molecular complexity index is 548. The Morgan fingerprint density at radius 2 is 1.58 bits per heavy atom. The minimum absolute atomic E-state index is 0.584. The summed E-state index contributed by atoms with van der Waals surface area (Å²) >= 11 is 0. The van der Waals surface area contributed by atoms with Crippen molar-refractivity contribution in [2.75, 3.05) is 5.73 Å². The fraction of sp³-hybridized carbons (Fsp3) is 0.353. The molecule has 2 rings (SSSR count). The first-order valence-electron chi connectivity index (χ1n) is 7.07. The molecule has 2 nitrogen and oxygen atoms in total. The molecule has 0 radical (unpaired) electrons. The van der Waals surface area contributed by atoms with Gasteiger partial charge < -0.3 is 5.73 Å². The van der Waals surface area contributed by atoms with Crippen LogP contribution in [0.25, 0.3) is 11.3 Å². The Morgan fingerprint density at radius 3 is 2.05 bits per heavy atom. The fourth-order valence-electron chi connectivity index (χ4n) is 2.52. The summed E-state index contributed by atoms with van der Waals surface area (Å²) in [6.45, 7) is 6.60. The van der Waals surface area contributed by atoms with Gasteiger partial charge in [-0.3, -0.25) is 0 Å². The van der Waals surface area contributed by atoms with Crippen molar-refractivity contribution in [3.8, 4) is 11.3 Å². The predicted molar refractivity (Wildman–Crippen MR) is 82.2 cm³/mol. The number of anilines is 1. The Kier molecular flexibility index (Phi) is 4.20. The summed E-state index contributed by atoms with van der Waals surface area (Å²) in [5.74, 6) is 0.584. The van der Waals surface area contributed by atoms with Crippen molar-refractivity contribution in [3.05, 3.63) is 47.0 Å². The molecule has 2 heteroatoms. The summed E-state index contributed by atoms with van der Waals surface area (Å²) in [5.41, 5.74) is 12.2. The second-order valence-corrected chi connectivity index (χ2v) is 4.80. The number of pyridine rings is 1. The van der Waals surface area contributed by atoms with Gasteiger partial charge in [0.15, 0.2) is 0 Å². The van der Waals surface area contributed by atoms with E-state index in [-0.39, 0.29) is 0 Å². The van der Waals surface area contributed by atoms with E-state index in [0.29, 0.717) is 5.82 Å². The number of hydrogen-bond acceptors (Lipinski definition) is 2. The van der Waals surface area contributed by atoms with Crippen LogP contribution in [0.1, 0.15) is 37.5 Å². The SMILES string of the molecule is CCc1cc(CC)c(-c2cccc(N)n2)c(CC)c1. The van der Waals surface area contributed by atoms with E-state index in [1.807, 2.05) is 12.1 Å². The van der Waals surface area contributed by atoms with Crippen molar-refractivity contribution in [3.63, 3.8) is 0 Å². The predicted octanol–water partition coefficient (Wildman–Crippen LogP) is 4.02. The maximum absolute atomic E-state index is 5.82. The highest BCUT2D eigenvalue weighted by Crippen LogP contribution is 2.29. The summed E-state index contributed by atoms with van der Waals surface area (Å²) in [5, 5.41) is 0. The molecule has 100 valence electrons. The maximum Gasteiger partial charge on any atom is 0.124 e. The Balaban J connectivity index is 2.66. The summed E-state index contributed by atoms with van der Waals surface area (Å²) in [6, 6.07) is 10.5. The molecule has 2 aromatic rings. The van der Waals surface area contributed by atoms with Gasteiger partial charge in [-0.1, -0.05) is 39.0 Å². The normalized spacial score (nSPS) is 10.7. The number of rotatable bonds is 4.